The van der Waals surface area contributed by atoms with E-state index in [4.69, 9.17) is 17.0 Å². The van der Waals surface area contributed by atoms with Gasteiger partial charge < -0.3 is 5.41 Å². The van der Waals surface area contributed by atoms with Crippen molar-refractivity contribution in [1.82, 2.24) is 4.90 Å². The minimum absolute atomic E-state index is 0.120. The lowest BCUT2D eigenvalue weighted by Gasteiger charge is -2.47. The van der Waals surface area contributed by atoms with Crippen molar-refractivity contribution in [3.8, 4) is 18.2 Å². The maximum atomic E-state index is 10.1. The maximum absolute atomic E-state index is 10.1. The molecule has 0 spiro atoms. The average molecular weight is 440 g/mol. The molecule has 1 saturated carbocycles. The van der Waals surface area contributed by atoms with E-state index in [2.05, 4.69) is 35.2 Å². The zero-order chi connectivity index (χ0) is 22.7. The van der Waals surface area contributed by atoms with Crippen LogP contribution in [-0.4, -0.2) is 30.2 Å². The number of fused-ring (bicyclic) bond motifs is 1. The summed E-state index contributed by atoms with van der Waals surface area (Å²) >= 11 is 6.09. The smallest absolute Gasteiger partial charge is 0.189 e. The van der Waals surface area contributed by atoms with Crippen molar-refractivity contribution in [2.45, 2.75) is 12.3 Å². The first-order valence-corrected chi connectivity index (χ1v) is 10.9. The number of hydrogen-bond donors (Lipinski definition) is 1. The molecule has 3 atom stereocenters. The molecule has 0 aromatic heterocycles. The summed E-state index contributed by atoms with van der Waals surface area (Å²) in [7, 11) is 0. The Hall–Kier alpha value is -3.43. The zero-order valence-electron chi connectivity index (χ0n) is 17.5. The Morgan fingerprint density at radius 2 is 1.72 bits per heavy atom. The van der Waals surface area contributed by atoms with Crippen LogP contribution >= 0.6 is 11.6 Å². The van der Waals surface area contributed by atoms with E-state index < -0.39 is 17.3 Å². The highest BCUT2D eigenvalue weighted by atomic mass is 35.5. The Balaban J connectivity index is 1.73. The monoisotopic (exact) mass is 439 g/mol. The Morgan fingerprint density at radius 3 is 2.34 bits per heavy atom. The van der Waals surface area contributed by atoms with E-state index in [1.54, 1.807) is 12.1 Å². The van der Waals surface area contributed by atoms with Gasteiger partial charge in [-0.05, 0) is 35.3 Å². The third-order valence-corrected chi connectivity index (χ3v) is 6.91. The van der Waals surface area contributed by atoms with E-state index in [1.807, 2.05) is 36.4 Å². The predicted octanol–water partition coefficient (Wildman–Crippen LogP) is 4.73. The number of nitrogens with one attached hydrogen (secondary N) is 1. The number of halogens is 1. The van der Waals surface area contributed by atoms with Crippen molar-refractivity contribution in [3.63, 3.8) is 0 Å². The maximum Gasteiger partial charge on any atom is 0.189 e. The minimum Gasteiger partial charge on any atom is -0.305 e. The first-order valence-electron chi connectivity index (χ1n) is 10.6. The van der Waals surface area contributed by atoms with Gasteiger partial charge in [0.1, 0.15) is 5.92 Å². The number of hydrogen-bond acceptors (Lipinski definition) is 5. The van der Waals surface area contributed by atoms with E-state index in [0.717, 1.165) is 24.1 Å². The van der Waals surface area contributed by atoms with Gasteiger partial charge in [0.25, 0.3) is 0 Å². The van der Waals surface area contributed by atoms with Crippen molar-refractivity contribution in [2.75, 3.05) is 19.6 Å². The molecule has 0 bridgehead atoms. The van der Waals surface area contributed by atoms with E-state index in [9.17, 15) is 15.8 Å². The molecular weight excluding hydrogens is 418 g/mol. The minimum atomic E-state index is -1.70. The number of nitriles is 3. The van der Waals surface area contributed by atoms with Gasteiger partial charge in [0, 0.05) is 36.5 Å². The average Bonchev–Trinajstić information content (AvgIpc) is 2.83. The summed E-state index contributed by atoms with van der Waals surface area (Å²) in [6.45, 7) is 2.14. The van der Waals surface area contributed by atoms with Crippen LogP contribution in [0.15, 0.2) is 66.2 Å². The molecule has 2 aromatic carbocycles. The SMILES string of the molecule is N#CC1C(=N)C(C#N)(C#N)[C@H](c2ccc(Cl)cc2)[C@H]2CN(CCc3ccccc3)CC=C12. The second kappa shape index (κ2) is 8.97. The fraction of sp³-hybridized carbons (Fsp3) is 0.308. The van der Waals surface area contributed by atoms with Crippen molar-refractivity contribution in [3.05, 3.63) is 82.4 Å². The molecule has 1 heterocycles. The normalized spacial score (nSPS) is 24.4. The predicted molar refractivity (Wildman–Crippen MR) is 123 cm³/mol. The van der Waals surface area contributed by atoms with Crippen LogP contribution < -0.4 is 0 Å². The van der Waals surface area contributed by atoms with Crippen LogP contribution in [0.25, 0.3) is 0 Å². The van der Waals surface area contributed by atoms with Crippen LogP contribution in [0.4, 0.5) is 0 Å². The second-order valence-electron chi connectivity index (χ2n) is 8.34. The molecule has 0 amide bonds. The number of rotatable bonds is 4. The summed E-state index contributed by atoms with van der Waals surface area (Å²) in [4.78, 5) is 2.30. The second-order valence-corrected chi connectivity index (χ2v) is 8.78. The van der Waals surface area contributed by atoms with Gasteiger partial charge in [-0.3, -0.25) is 4.90 Å². The van der Waals surface area contributed by atoms with E-state index in [1.165, 1.54) is 5.56 Å². The van der Waals surface area contributed by atoms with Crippen molar-refractivity contribution < 1.29 is 0 Å². The Morgan fingerprint density at radius 1 is 1.03 bits per heavy atom. The van der Waals surface area contributed by atoms with E-state index in [-0.39, 0.29) is 11.6 Å². The fourth-order valence-electron chi connectivity index (χ4n) is 5.03. The van der Waals surface area contributed by atoms with Gasteiger partial charge in [-0.15, -0.1) is 0 Å². The van der Waals surface area contributed by atoms with Gasteiger partial charge in [-0.25, -0.2) is 0 Å². The van der Waals surface area contributed by atoms with Gasteiger partial charge in [0.2, 0.25) is 0 Å². The Kier molecular flexibility index (Phi) is 6.11. The van der Waals surface area contributed by atoms with Crippen molar-refractivity contribution >= 4 is 17.3 Å². The van der Waals surface area contributed by atoms with Gasteiger partial charge in [-0.1, -0.05) is 60.1 Å². The van der Waals surface area contributed by atoms with E-state index in [0.29, 0.717) is 18.1 Å². The summed E-state index contributed by atoms with van der Waals surface area (Å²) in [6, 6.07) is 23.9. The molecule has 158 valence electrons. The highest BCUT2D eigenvalue weighted by Gasteiger charge is 2.57. The summed E-state index contributed by atoms with van der Waals surface area (Å²) in [5.41, 5.74) is 1.08. The van der Waals surface area contributed by atoms with E-state index >= 15 is 0 Å². The Bertz CT molecular complexity index is 1150. The third kappa shape index (κ3) is 3.69. The lowest BCUT2D eigenvalue weighted by Crippen LogP contribution is -2.53. The molecule has 32 heavy (non-hydrogen) atoms. The largest absolute Gasteiger partial charge is 0.305 e. The number of nitrogens with zero attached hydrogens (tertiary/aromatic N) is 4. The molecule has 0 radical (unpaired) electrons. The summed E-state index contributed by atoms with van der Waals surface area (Å²) in [6.07, 6.45) is 2.92. The molecule has 1 unspecified atom stereocenters. The highest BCUT2D eigenvalue weighted by molar-refractivity contribution is 6.30. The molecule has 1 aliphatic heterocycles. The first kappa shape index (κ1) is 21.8. The van der Waals surface area contributed by atoms with Crippen LogP contribution in [0, 0.1) is 56.7 Å². The summed E-state index contributed by atoms with van der Waals surface area (Å²) in [5, 5.41) is 39.4. The molecule has 4 rings (SSSR count). The molecule has 1 aliphatic carbocycles. The van der Waals surface area contributed by atoms with Crippen molar-refractivity contribution in [2.24, 2.45) is 17.3 Å². The molecule has 2 aromatic rings. The van der Waals surface area contributed by atoms with Crippen LogP contribution in [0.3, 0.4) is 0 Å². The van der Waals surface area contributed by atoms with Gasteiger partial charge >= 0.3 is 0 Å². The van der Waals surface area contributed by atoms with Crippen LogP contribution in [0.1, 0.15) is 17.0 Å². The molecule has 5 nitrogen and oxygen atoms in total. The number of benzene rings is 2. The lowest BCUT2D eigenvalue weighted by molar-refractivity contribution is 0.206. The Labute approximate surface area is 193 Å². The molecule has 0 saturated heterocycles. The molecule has 2 aliphatic rings. The molecular formula is C26H22ClN5. The molecule has 6 heteroatoms. The standard InChI is InChI=1S/C26H22ClN5/c27-20-8-6-19(7-9-20)24-23-15-32(12-10-18-4-2-1-3-5-18)13-11-21(23)22(14-28)25(31)26(24,16-29)17-30/h1-9,11,22-24,31H,10,12-13,15H2/t22?,23-,24+/m0/s1. The van der Waals surface area contributed by atoms with Crippen LogP contribution in [0.2, 0.25) is 5.02 Å². The topological polar surface area (TPSA) is 98.5 Å². The van der Waals surface area contributed by atoms with Crippen molar-refractivity contribution in [1.29, 1.82) is 21.2 Å². The zero-order valence-corrected chi connectivity index (χ0v) is 18.3. The summed E-state index contributed by atoms with van der Waals surface area (Å²) < 4.78 is 0. The van der Waals surface area contributed by atoms with Gasteiger partial charge in [0.05, 0.1) is 23.9 Å². The quantitative estimate of drug-likeness (QED) is 0.696. The highest BCUT2D eigenvalue weighted by Crippen LogP contribution is 2.53. The van der Waals surface area contributed by atoms with Gasteiger partial charge in [0.15, 0.2) is 5.41 Å². The van der Waals surface area contributed by atoms with Crippen LogP contribution in [0.5, 0.6) is 0 Å². The molecule has 1 N–H and O–H groups in total. The fourth-order valence-corrected chi connectivity index (χ4v) is 5.15. The first-order chi connectivity index (χ1) is 15.5. The van der Waals surface area contributed by atoms with Crippen LogP contribution in [-0.2, 0) is 6.42 Å². The lowest BCUT2D eigenvalue weighted by atomic mass is 9.54. The third-order valence-electron chi connectivity index (χ3n) is 6.65. The van der Waals surface area contributed by atoms with Gasteiger partial charge in [-0.2, -0.15) is 15.8 Å². The summed E-state index contributed by atoms with van der Waals surface area (Å²) in [5.74, 6) is -1.60. The molecule has 1 fully saturated rings.